The molecule has 10 heteroatoms. The van der Waals surface area contributed by atoms with Crippen molar-refractivity contribution in [3.8, 4) is 0 Å². The number of ether oxygens (including phenoxy) is 2. The van der Waals surface area contributed by atoms with Crippen LogP contribution in [0.2, 0.25) is 0 Å². The van der Waals surface area contributed by atoms with Gasteiger partial charge in [0.25, 0.3) is 0 Å². The van der Waals surface area contributed by atoms with Crippen molar-refractivity contribution < 1.29 is 27.8 Å². The monoisotopic (exact) mass is 401 g/mol. The maximum absolute atomic E-state index is 12.1. The number of esters is 1. The first-order chi connectivity index (χ1) is 9.92. The van der Waals surface area contributed by atoms with Crippen molar-refractivity contribution in [2.45, 2.75) is 11.3 Å². The van der Waals surface area contributed by atoms with Crippen LogP contribution in [0, 0.1) is 0 Å². The van der Waals surface area contributed by atoms with Crippen molar-refractivity contribution in [2.75, 3.05) is 33.5 Å². The van der Waals surface area contributed by atoms with E-state index < -0.39 is 16.0 Å². The normalized spacial score (nSPS) is 11.6. The zero-order valence-corrected chi connectivity index (χ0v) is 14.5. The summed E-state index contributed by atoms with van der Waals surface area (Å²) in [5.74, 6) is -0.584. The number of aliphatic hydroxyl groups excluding tert-OH is 1. The first kappa shape index (κ1) is 18.5. The highest BCUT2D eigenvalue weighted by atomic mass is 79.9. The number of halogens is 1. The molecule has 0 spiro atoms. The van der Waals surface area contributed by atoms with Gasteiger partial charge in [-0.2, -0.15) is 0 Å². The second kappa shape index (κ2) is 8.81. The van der Waals surface area contributed by atoms with Crippen molar-refractivity contribution in [2.24, 2.45) is 0 Å². The number of aliphatic hydroxyl groups is 1. The largest absolute Gasteiger partial charge is 0.465 e. The van der Waals surface area contributed by atoms with Crippen LogP contribution < -0.4 is 4.72 Å². The summed E-state index contributed by atoms with van der Waals surface area (Å²) < 4.78 is 36.5. The summed E-state index contributed by atoms with van der Waals surface area (Å²) in [6.07, 6.45) is 0.477. The van der Waals surface area contributed by atoms with Crippen LogP contribution in [0.25, 0.3) is 0 Å². The lowest BCUT2D eigenvalue weighted by Gasteiger charge is -2.06. The Morgan fingerprint density at radius 2 is 2.19 bits per heavy atom. The van der Waals surface area contributed by atoms with Crippen LogP contribution in [0.15, 0.2) is 14.7 Å². The lowest BCUT2D eigenvalue weighted by atomic mass is 10.5. The molecular weight excluding hydrogens is 386 g/mol. The zero-order chi connectivity index (χ0) is 15.9. The molecule has 0 atom stereocenters. The van der Waals surface area contributed by atoms with E-state index in [0.29, 0.717) is 16.8 Å². The Morgan fingerprint density at radius 3 is 2.81 bits per heavy atom. The third-order valence-electron chi connectivity index (χ3n) is 2.32. The molecule has 1 aromatic heterocycles. The first-order valence-corrected chi connectivity index (χ1v) is 9.07. The Kier molecular flexibility index (Phi) is 7.77. The molecule has 0 aliphatic carbocycles. The van der Waals surface area contributed by atoms with Gasteiger partial charge in [0, 0.05) is 13.2 Å². The smallest absolute Gasteiger partial charge is 0.348 e. The van der Waals surface area contributed by atoms with Gasteiger partial charge in [-0.1, -0.05) is 0 Å². The number of carbonyl (C=O) groups excluding carboxylic acids is 1. The molecule has 0 aliphatic rings. The van der Waals surface area contributed by atoms with Gasteiger partial charge in [-0.3, -0.25) is 0 Å². The summed E-state index contributed by atoms with van der Waals surface area (Å²) in [7, 11) is -2.47. The van der Waals surface area contributed by atoms with Gasteiger partial charge in [0.15, 0.2) is 0 Å². The van der Waals surface area contributed by atoms with E-state index in [1.54, 1.807) is 0 Å². The maximum atomic E-state index is 12.1. The summed E-state index contributed by atoms with van der Waals surface area (Å²) in [5, 5.41) is 8.52. The number of rotatable bonds is 9. The highest BCUT2D eigenvalue weighted by Gasteiger charge is 2.23. The molecule has 21 heavy (non-hydrogen) atoms. The second-order valence-electron chi connectivity index (χ2n) is 3.83. The fourth-order valence-corrected chi connectivity index (χ4v) is 4.92. The number of methoxy groups -OCH3 is 1. The predicted octanol–water partition coefficient (Wildman–Crippen LogP) is 0.975. The average Bonchev–Trinajstić information content (AvgIpc) is 2.84. The quantitative estimate of drug-likeness (QED) is 0.472. The summed E-state index contributed by atoms with van der Waals surface area (Å²) in [5.41, 5.74) is 0. The van der Waals surface area contributed by atoms with Crippen molar-refractivity contribution in [3.05, 3.63) is 14.7 Å². The van der Waals surface area contributed by atoms with E-state index in [1.165, 1.54) is 13.2 Å². The molecule has 0 bridgehead atoms. The van der Waals surface area contributed by atoms with Crippen LogP contribution in [0.4, 0.5) is 0 Å². The van der Waals surface area contributed by atoms with E-state index in [4.69, 9.17) is 9.84 Å². The molecular formula is C11H16BrNO6S2. The van der Waals surface area contributed by atoms with Gasteiger partial charge < -0.3 is 14.6 Å². The lowest BCUT2D eigenvalue weighted by molar-refractivity contribution is 0.0606. The van der Waals surface area contributed by atoms with Crippen molar-refractivity contribution in [3.63, 3.8) is 0 Å². The number of hydrogen-bond donors (Lipinski definition) is 2. The van der Waals surface area contributed by atoms with E-state index in [-0.39, 0.29) is 29.5 Å². The van der Waals surface area contributed by atoms with Crippen LogP contribution in [0.3, 0.4) is 0 Å². The molecule has 0 saturated heterocycles. The van der Waals surface area contributed by atoms with Crippen LogP contribution in [0.5, 0.6) is 0 Å². The van der Waals surface area contributed by atoms with Gasteiger partial charge in [0.1, 0.15) is 9.77 Å². The van der Waals surface area contributed by atoms with Crippen LogP contribution in [0.1, 0.15) is 16.1 Å². The van der Waals surface area contributed by atoms with Gasteiger partial charge >= 0.3 is 5.97 Å². The van der Waals surface area contributed by atoms with Crippen LogP contribution >= 0.6 is 27.3 Å². The molecule has 2 N–H and O–H groups in total. The third-order valence-corrected chi connectivity index (χ3v) is 6.02. The highest BCUT2D eigenvalue weighted by molar-refractivity contribution is 9.11. The topological polar surface area (TPSA) is 102 Å². The zero-order valence-electron chi connectivity index (χ0n) is 11.3. The van der Waals surface area contributed by atoms with Gasteiger partial charge in [-0.25, -0.2) is 17.9 Å². The first-order valence-electron chi connectivity index (χ1n) is 5.98. The minimum Gasteiger partial charge on any atom is -0.465 e. The fourth-order valence-electron chi connectivity index (χ4n) is 1.36. The Bertz CT molecular complexity index is 571. The molecule has 0 unspecified atom stereocenters. The van der Waals surface area contributed by atoms with E-state index >= 15 is 0 Å². The third kappa shape index (κ3) is 5.64. The lowest BCUT2D eigenvalue weighted by Crippen LogP contribution is -2.25. The molecule has 0 radical (unpaired) electrons. The number of nitrogens with one attached hydrogen (secondary N) is 1. The van der Waals surface area contributed by atoms with Gasteiger partial charge in [-0.15, -0.1) is 11.3 Å². The molecule has 120 valence electrons. The Hall–Kier alpha value is -0.520. The predicted molar refractivity (Wildman–Crippen MR) is 81.1 cm³/mol. The van der Waals surface area contributed by atoms with Crippen LogP contribution in [-0.4, -0.2) is 53.0 Å². The fraction of sp³-hybridized carbons (Fsp3) is 0.545. The summed E-state index contributed by atoms with van der Waals surface area (Å²) in [6, 6.07) is 1.27. The number of thiophene rings is 1. The summed E-state index contributed by atoms with van der Waals surface area (Å²) in [6.45, 7) is 0.708. The Labute approximate surface area is 135 Å². The van der Waals surface area contributed by atoms with Crippen LogP contribution in [-0.2, 0) is 19.5 Å². The Morgan fingerprint density at radius 1 is 1.48 bits per heavy atom. The SMILES string of the molecule is COC(=O)c1cc(S(=O)(=O)NCCCOCCO)c(Br)s1. The van der Waals surface area contributed by atoms with E-state index in [2.05, 4.69) is 25.4 Å². The molecule has 1 heterocycles. The van der Waals surface area contributed by atoms with Gasteiger partial charge in [-0.05, 0) is 28.4 Å². The Balaban J connectivity index is 2.62. The summed E-state index contributed by atoms with van der Waals surface area (Å²) in [4.78, 5) is 11.6. The molecule has 0 aromatic carbocycles. The van der Waals surface area contributed by atoms with E-state index in [1.807, 2.05) is 0 Å². The van der Waals surface area contributed by atoms with E-state index in [0.717, 1.165) is 11.3 Å². The molecule has 0 aliphatic heterocycles. The van der Waals surface area contributed by atoms with Gasteiger partial charge in [0.05, 0.1) is 24.1 Å². The van der Waals surface area contributed by atoms with Crippen molar-refractivity contribution in [1.82, 2.24) is 4.72 Å². The molecule has 1 rings (SSSR count). The van der Waals surface area contributed by atoms with Crippen molar-refractivity contribution in [1.29, 1.82) is 0 Å². The molecule has 0 fully saturated rings. The highest BCUT2D eigenvalue weighted by Crippen LogP contribution is 2.31. The molecule has 1 aromatic rings. The second-order valence-corrected chi connectivity index (χ2v) is 7.93. The molecule has 7 nitrogen and oxygen atoms in total. The summed E-state index contributed by atoms with van der Waals surface area (Å²) >= 11 is 4.13. The molecule has 0 saturated carbocycles. The number of sulfonamides is 1. The maximum Gasteiger partial charge on any atom is 0.348 e. The number of hydrogen-bond acceptors (Lipinski definition) is 7. The number of carbonyl (C=O) groups is 1. The van der Waals surface area contributed by atoms with Gasteiger partial charge in [0.2, 0.25) is 10.0 Å². The average molecular weight is 402 g/mol. The molecule has 0 amide bonds. The van der Waals surface area contributed by atoms with E-state index in [9.17, 15) is 13.2 Å². The van der Waals surface area contributed by atoms with Crippen molar-refractivity contribution >= 4 is 43.3 Å². The standard InChI is InChI=1S/C11H16BrNO6S2/c1-18-11(15)8-7-9(10(12)20-8)21(16,17)13-3-2-5-19-6-4-14/h7,13-14H,2-6H2,1H3. The minimum atomic E-state index is -3.70. The minimum absolute atomic E-state index is 0.00387.